The minimum atomic E-state index is 0.176. The van der Waals surface area contributed by atoms with Crippen molar-refractivity contribution in [3.8, 4) is 0 Å². The van der Waals surface area contributed by atoms with Crippen molar-refractivity contribution in [1.82, 2.24) is 0 Å². The van der Waals surface area contributed by atoms with Gasteiger partial charge in [-0.05, 0) is 22.8 Å². The van der Waals surface area contributed by atoms with Gasteiger partial charge in [-0.15, -0.1) is 0 Å². The smallest absolute Gasteiger partial charge is 0.00987 e. The summed E-state index contributed by atoms with van der Waals surface area (Å²) in [4.78, 5) is 0. The van der Waals surface area contributed by atoms with E-state index in [2.05, 4.69) is 53.9 Å². The molecule has 0 amide bonds. The Morgan fingerprint density at radius 2 is 1.24 bits per heavy atom. The van der Waals surface area contributed by atoms with Crippen molar-refractivity contribution in [2.75, 3.05) is 0 Å². The molecule has 0 aromatic carbocycles. The monoisotopic (exact) mass is 296 g/mol. The summed E-state index contributed by atoms with van der Waals surface area (Å²) in [6.07, 6.45) is 8.24. The van der Waals surface area contributed by atoms with E-state index in [1.165, 1.54) is 18.4 Å². The third-order valence-electron chi connectivity index (χ3n) is 3.18. The molecule has 0 aromatic heterocycles. The highest BCUT2D eigenvalue weighted by Gasteiger charge is 2.29. The molecule has 0 radical (unpaired) electrons. The zero-order valence-corrected chi connectivity index (χ0v) is 17.1. The fourth-order valence-corrected chi connectivity index (χ4v) is 2.12. The van der Waals surface area contributed by atoms with Crippen LogP contribution in [0.4, 0.5) is 0 Å². The van der Waals surface area contributed by atoms with Gasteiger partial charge in [-0.2, -0.15) is 0 Å². The largest absolute Gasteiger partial charge is 0.0991 e. The summed E-state index contributed by atoms with van der Waals surface area (Å²) in [6, 6.07) is 0. The quantitative estimate of drug-likeness (QED) is 0.433. The van der Waals surface area contributed by atoms with Gasteiger partial charge in [0.25, 0.3) is 0 Å². The van der Waals surface area contributed by atoms with Crippen molar-refractivity contribution < 1.29 is 0 Å². The molecule has 0 rings (SSSR count). The van der Waals surface area contributed by atoms with E-state index in [1.807, 2.05) is 53.7 Å². The fraction of sp³-hybridized carbons (Fsp3) is 0.714. The number of allylic oxidation sites excluding steroid dienone is 4. The van der Waals surface area contributed by atoms with Crippen LogP contribution < -0.4 is 0 Å². The lowest BCUT2D eigenvalue weighted by molar-refractivity contribution is 0.223. The lowest BCUT2D eigenvalue weighted by Gasteiger charge is -2.35. The van der Waals surface area contributed by atoms with E-state index in [0.29, 0.717) is 5.41 Å². The van der Waals surface area contributed by atoms with Gasteiger partial charge in [-0.25, -0.2) is 0 Å². The second-order valence-electron chi connectivity index (χ2n) is 5.64. The Morgan fingerprint density at radius 1 is 0.857 bits per heavy atom. The highest BCUT2D eigenvalue weighted by molar-refractivity contribution is 5.27. The fourth-order valence-electron chi connectivity index (χ4n) is 2.12. The van der Waals surface area contributed by atoms with Crippen LogP contribution in [0.25, 0.3) is 0 Å². The Balaban J connectivity index is -0.000000212. The molecule has 0 heteroatoms. The molecule has 0 saturated heterocycles. The van der Waals surface area contributed by atoms with Gasteiger partial charge in [0.15, 0.2) is 0 Å². The molecule has 21 heavy (non-hydrogen) atoms. The lowest BCUT2D eigenvalue weighted by Crippen LogP contribution is -2.23. The minimum Gasteiger partial charge on any atom is -0.0991 e. The van der Waals surface area contributed by atoms with Crippen LogP contribution in [-0.4, -0.2) is 0 Å². The third kappa shape index (κ3) is 15.4. The van der Waals surface area contributed by atoms with Gasteiger partial charge in [-0.1, -0.05) is 114 Å². The van der Waals surface area contributed by atoms with Gasteiger partial charge in [0.1, 0.15) is 0 Å². The molecule has 0 aliphatic heterocycles. The maximum absolute atomic E-state index is 3.89. The van der Waals surface area contributed by atoms with E-state index in [-0.39, 0.29) is 5.41 Å². The molecule has 0 bridgehead atoms. The van der Waals surface area contributed by atoms with Gasteiger partial charge >= 0.3 is 0 Å². The van der Waals surface area contributed by atoms with Crippen LogP contribution in [0, 0.1) is 10.8 Å². The summed E-state index contributed by atoms with van der Waals surface area (Å²) in [6.45, 7) is 31.1. The highest BCUT2D eigenvalue weighted by atomic mass is 14.3. The predicted octanol–water partition coefficient (Wildman–Crippen LogP) is 8.22. The number of rotatable bonds is 6. The van der Waals surface area contributed by atoms with Crippen LogP contribution in [0.2, 0.25) is 0 Å². The minimum absolute atomic E-state index is 0.176. The molecule has 0 N–H and O–H groups in total. The van der Waals surface area contributed by atoms with Gasteiger partial charge in [-0.3, -0.25) is 0 Å². The van der Waals surface area contributed by atoms with E-state index < -0.39 is 0 Å². The molecular weight excluding hydrogens is 252 g/mol. The Bertz CT molecular complexity index is 251. The van der Waals surface area contributed by atoms with Gasteiger partial charge < -0.3 is 0 Å². The van der Waals surface area contributed by atoms with Gasteiger partial charge in [0.2, 0.25) is 0 Å². The Morgan fingerprint density at radius 3 is 1.48 bits per heavy atom. The average molecular weight is 297 g/mol. The zero-order valence-electron chi connectivity index (χ0n) is 17.1. The Hall–Kier alpha value is -0.780. The van der Waals surface area contributed by atoms with Crippen LogP contribution in [0.5, 0.6) is 0 Å². The van der Waals surface area contributed by atoms with Crippen LogP contribution in [0.1, 0.15) is 89.0 Å². The molecule has 0 atom stereocenters. The van der Waals surface area contributed by atoms with E-state index >= 15 is 0 Å². The molecule has 0 heterocycles. The Labute approximate surface area is 137 Å². The van der Waals surface area contributed by atoms with Gasteiger partial charge in [0.05, 0.1) is 0 Å². The first kappa shape index (κ1) is 28.4. The second-order valence-corrected chi connectivity index (χ2v) is 5.64. The average Bonchev–Trinajstić information content (AvgIpc) is 2.49. The first-order chi connectivity index (χ1) is 9.79. The molecule has 0 nitrogen and oxygen atoms in total. The topological polar surface area (TPSA) is 0 Å². The number of hydrogen-bond acceptors (Lipinski definition) is 0. The van der Waals surface area contributed by atoms with Crippen molar-refractivity contribution in [2.45, 2.75) is 89.0 Å². The molecule has 0 unspecified atom stereocenters. The van der Waals surface area contributed by atoms with Crippen molar-refractivity contribution in [2.24, 2.45) is 10.8 Å². The second kappa shape index (κ2) is 17.3. The van der Waals surface area contributed by atoms with E-state index in [0.717, 1.165) is 0 Å². The lowest BCUT2D eigenvalue weighted by atomic mass is 9.70. The molecule has 0 spiro atoms. The molecule has 0 aliphatic rings. The summed E-state index contributed by atoms with van der Waals surface area (Å²) in [5, 5.41) is 0. The van der Waals surface area contributed by atoms with E-state index in [9.17, 15) is 0 Å². The zero-order chi connectivity index (χ0) is 18.1. The maximum Gasteiger partial charge on any atom is -0.00987 e. The third-order valence-corrected chi connectivity index (χ3v) is 3.18. The Kier molecular flexibility index (Phi) is 23.4. The van der Waals surface area contributed by atoms with Crippen molar-refractivity contribution in [3.05, 3.63) is 37.0 Å². The highest BCUT2D eigenvalue weighted by Crippen LogP contribution is 2.41. The van der Waals surface area contributed by atoms with Crippen molar-refractivity contribution in [3.63, 3.8) is 0 Å². The molecular formula is C21H44. The summed E-state index contributed by atoms with van der Waals surface area (Å²) in [5.41, 5.74) is 1.83. The van der Waals surface area contributed by atoms with Crippen LogP contribution in [0.15, 0.2) is 37.0 Å². The molecule has 128 valence electrons. The standard InChI is InChI=1S/C15H26.3C2H6/c1-8-11-13(9-2)15(6,7)12-14(4,5)10-3;3*1-2/h8-9,11H,1-2,10,12H2,3-7H3;3*1-2H3/b13-11+;;;. The summed E-state index contributed by atoms with van der Waals surface area (Å²) < 4.78 is 0. The maximum atomic E-state index is 3.89. The van der Waals surface area contributed by atoms with Crippen molar-refractivity contribution >= 4 is 0 Å². The molecule has 0 aromatic rings. The molecule has 0 aliphatic carbocycles. The predicted molar refractivity (Wildman–Crippen MR) is 105 cm³/mol. The normalized spacial score (nSPS) is 10.7. The number of hydrogen-bond donors (Lipinski definition) is 0. The van der Waals surface area contributed by atoms with E-state index in [4.69, 9.17) is 0 Å². The van der Waals surface area contributed by atoms with Gasteiger partial charge in [0, 0.05) is 0 Å². The first-order valence-corrected chi connectivity index (χ1v) is 8.74. The van der Waals surface area contributed by atoms with E-state index in [1.54, 1.807) is 0 Å². The van der Waals surface area contributed by atoms with Crippen LogP contribution in [-0.2, 0) is 0 Å². The molecule has 0 saturated carbocycles. The summed E-state index contributed by atoms with van der Waals surface area (Å²) in [5.74, 6) is 0. The summed E-state index contributed by atoms with van der Waals surface area (Å²) in [7, 11) is 0. The van der Waals surface area contributed by atoms with Crippen molar-refractivity contribution in [1.29, 1.82) is 0 Å². The van der Waals surface area contributed by atoms with Crippen LogP contribution >= 0.6 is 0 Å². The van der Waals surface area contributed by atoms with Crippen LogP contribution in [0.3, 0.4) is 0 Å². The SMILES string of the molecule is C=C/C=C(\C=C)C(C)(C)CC(C)(C)CC.CC.CC.CC. The molecule has 0 fully saturated rings. The summed E-state index contributed by atoms with van der Waals surface area (Å²) >= 11 is 0. The first-order valence-electron chi connectivity index (χ1n) is 8.74.